The molecule has 2 heterocycles. The van der Waals surface area contributed by atoms with Gasteiger partial charge in [0.2, 0.25) is 0 Å². The number of fused-ring (bicyclic) bond motifs is 1. The molecule has 4 aromatic rings. The van der Waals surface area contributed by atoms with Crippen LogP contribution in [-0.2, 0) is 5.75 Å². The van der Waals surface area contributed by atoms with Gasteiger partial charge in [0.1, 0.15) is 17.3 Å². The van der Waals surface area contributed by atoms with Crippen LogP contribution in [-0.4, -0.2) is 33.7 Å². The average Bonchev–Trinajstić information content (AvgIpc) is 3.34. The second kappa shape index (κ2) is 7.13. The predicted octanol–water partition coefficient (Wildman–Crippen LogP) is 4.06. The van der Waals surface area contributed by atoms with Crippen LogP contribution in [0.5, 0.6) is 11.5 Å². The highest BCUT2D eigenvalue weighted by Crippen LogP contribution is 2.39. The number of thioether (sulfide) groups is 1. The lowest BCUT2D eigenvalue weighted by Gasteiger charge is -2.11. The van der Waals surface area contributed by atoms with Crippen LogP contribution in [0.1, 0.15) is 5.82 Å². The molecule has 0 aliphatic heterocycles. The van der Waals surface area contributed by atoms with Crippen molar-refractivity contribution in [1.29, 1.82) is 0 Å². The fraction of sp³-hybridized carbons (Fsp3) is 0.158. The van der Waals surface area contributed by atoms with Crippen molar-refractivity contribution >= 4 is 22.8 Å². The number of nitrogens with one attached hydrogen (secondary N) is 1. The molecule has 0 aliphatic rings. The normalized spacial score (nSPS) is 11.0. The molecule has 2 aromatic carbocycles. The van der Waals surface area contributed by atoms with E-state index in [-0.39, 0.29) is 0 Å². The average molecular weight is 366 g/mol. The highest BCUT2D eigenvalue weighted by atomic mass is 32.2. The molecule has 0 saturated carbocycles. The molecule has 26 heavy (non-hydrogen) atoms. The number of nitrogens with zero attached hydrogens (tertiary/aromatic N) is 3. The van der Waals surface area contributed by atoms with Crippen LogP contribution in [0, 0.1) is 0 Å². The first kappa shape index (κ1) is 16.5. The summed E-state index contributed by atoms with van der Waals surface area (Å²) >= 11 is 1.63. The van der Waals surface area contributed by atoms with E-state index in [9.17, 15) is 0 Å². The summed E-state index contributed by atoms with van der Waals surface area (Å²) in [5.41, 5.74) is 2.99. The Hall–Kier alpha value is -2.93. The maximum Gasteiger partial charge on any atom is 0.136 e. The van der Waals surface area contributed by atoms with E-state index in [1.54, 1.807) is 38.5 Å². The fourth-order valence-electron chi connectivity index (χ4n) is 2.79. The molecular weight excluding hydrogens is 348 g/mol. The standard InChI is InChI=1S/C19H18N4O2S/c1-24-16-4-3-5-17(25-2)19(16)26-11-18-21-14-7-6-13(10-15(14)22-18)23-9-8-20-12-23/h3-10,12H,11H2,1-2H3,(H,21,22). The van der Waals surface area contributed by atoms with Gasteiger partial charge in [-0.3, -0.25) is 0 Å². The summed E-state index contributed by atoms with van der Waals surface area (Å²) in [5, 5.41) is 0. The Morgan fingerprint density at radius 3 is 2.62 bits per heavy atom. The van der Waals surface area contributed by atoms with Gasteiger partial charge >= 0.3 is 0 Å². The van der Waals surface area contributed by atoms with Gasteiger partial charge in [-0.05, 0) is 30.3 Å². The van der Waals surface area contributed by atoms with Gasteiger partial charge in [0.15, 0.2) is 0 Å². The number of hydrogen-bond donors (Lipinski definition) is 1. The molecule has 2 aromatic heterocycles. The van der Waals surface area contributed by atoms with Crippen LogP contribution in [0.3, 0.4) is 0 Å². The van der Waals surface area contributed by atoms with Crippen LogP contribution in [0.15, 0.2) is 60.0 Å². The molecule has 0 atom stereocenters. The van der Waals surface area contributed by atoms with E-state index in [1.807, 2.05) is 41.1 Å². The minimum absolute atomic E-state index is 0.686. The Morgan fingerprint density at radius 1 is 1.12 bits per heavy atom. The minimum atomic E-state index is 0.686. The molecule has 0 amide bonds. The Bertz CT molecular complexity index is 1010. The zero-order valence-electron chi connectivity index (χ0n) is 14.5. The summed E-state index contributed by atoms with van der Waals surface area (Å²) in [5.74, 6) is 3.19. The van der Waals surface area contributed by atoms with Crippen molar-refractivity contribution in [3.05, 3.63) is 60.9 Å². The molecule has 7 heteroatoms. The van der Waals surface area contributed by atoms with Crippen molar-refractivity contribution in [2.45, 2.75) is 10.6 Å². The number of rotatable bonds is 6. The van der Waals surface area contributed by atoms with Gasteiger partial charge in [-0.25, -0.2) is 9.97 Å². The van der Waals surface area contributed by atoms with Crippen LogP contribution < -0.4 is 9.47 Å². The van der Waals surface area contributed by atoms with Crippen molar-refractivity contribution in [2.24, 2.45) is 0 Å². The molecule has 0 radical (unpaired) electrons. The number of aromatic amines is 1. The van der Waals surface area contributed by atoms with E-state index in [4.69, 9.17) is 9.47 Å². The molecule has 0 spiro atoms. The van der Waals surface area contributed by atoms with Crippen LogP contribution in [0.4, 0.5) is 0 Å². The third-order valence-corrected chi connectivity index (χ3v) is 5.16. The minimum Gasteiger partial charge on any atom is -0.495 e. The smallest absolute Gasteiger partial charge is 0.136 e. The second-order valence-electron chi connectivity index (χ2n) is 5.64. The number of aromatic nitrogens is 4. The first-order chi connectivity index (χ1) is 12.8. The predicted molar refractivity (Wildman–Crippen MR) is 102 cm³/mol. The molecule has 0 unspecified atom stereocenters. The number of H-pyrrole nitrogens is 1. The summed E-state index contributed by atoms with van der Waals surface area (Å²) in [6.07, 6.45) is 5.46. The Morgan fingerprint density at radius 2 is 1.92 bits per heavy atom. The number of benzene rings is 2. The van der Waals surface area contributed by atoms with E-state index in [1.165, 1.54) is 0 Å². The van der Waals surface area contributed by atoms with E-state index in [0.29, 0.717) is 5.75 Å². The Labute approximate surface area is 155 Å². The molecule has 0 saturated heterocycles. The van der Waals surface area contributed by atoms with Gasteiger partial charge in [-0.2, -0.15) is 0 Å². The van der Waals surface area contributed by atoms with Crippen LogP contribution in [0.25, 0.3) is 16.7 Å². The molecule has 0 aliphatic carbocycles. The summed E-state index contributed by atoms with van der Waals surface area (Å²) in [6, 6.07) is 11.9. The Balaban J connectivity index is 1.59. The molecule has 6 nitrogen and oxygen atoms in total. The van der Waals surface area contributed by atoms with Gasteiger partial charge in [0.05, 0.1) is 42.2 Å². The third-order valence-electron chi connectivity index (χ3n) is 4.05. The van der Waals surface area contributed by atoms with Gasteiger partial charge in [-0.1, -0.05) is 6.07 Å². The third kappa shape index (κ3) is 3.13. The maximum absolute atomic E-state index is 5.45. The van der Waals surface area contributed by atoms with Crippen molar-refractivity contribution in [3.8, 4) is 17.2 Å². The van der Waals surface area contributed by atoms with Gasteiger partial charge in [0, 0.05) is 18.1 Å². The zero-order chi connectivity index (χ0) is 17.9. The number of ether oxygens (including phenoxy) is 2. The lowest BCUT2D eigenvalue weighted by atomic mass is 10.3. The summed E-state index contributed by atoms with van der Waals surface area (Å²) in [4.78, 5) is 13.1. The zero-order valence-corrected chi connectivity index (χ0v) is 15.3. The monoisotopic (exact) mass is 366 g/mol. The number of methoxy groups -OCH3 is 2. The molecule has 0 bridgehead atoms. The lowest BCUT2D eigenvalue weighted by Crippen LogP contribution is -1.92. The van der Waals surface area contributed by atoms with Crippen molar-refractivity contribution < 1.29 is 9.47 Å². The highest BCUT2D eigenvalue weighted by Gasteiger charge is 2.12. The quantitative estimate of drug-likeness (QED) is 0.521. The molecular formula is C19H18N4O2S. The van der Waals surface area contributed by atoms with Crippen molar-refractivity contribution in [1.82, 2.24) is 19.5 Å². The lowest BCUT2D eigenvalue weighted by molar-refractivity contribution is 0.376. The molecule has 132 valence electrons. The maximum atomic E-state index is 5.45. The SMILES string of the molecule is COc1cccc(OC)c1SCc1nc2ccc(-n3ccnc3)cc2[nH]1. The largest absolute Gasteiger partial charge is 0.495 e. The van der Waals surface area contributed by atoms with Crippen molar-refractivity contribution in [2.75, 3.05) is 14.2 Å². The van der Waals surface area contributed by atoms with Crippen molar-refractivity contribution in [3.63, 3.8) is 0 Å². The summed E-state index contributed by atoms with van der Waals surface area (Å²) in [6.45, 7) is 0. The van der Waals surface area contributed by atoms with Gasteiger partial charge in [-0.15, -0.1) is 11.8 Å². The summed E-state index contributed by atoms with van der Waals surface area (Å²) < 4.78 is 12.9. The topological polar surface area (TPSA) is 65.0 Å². The van der Waals surface area contributed by atoms with Gasteiger partial charge in [0.25, 0.3) is 0 Å². The summed E-state index contributed by atoms with van der Waals surface area (Å²) in [7, 11) is 3.33. The Kier molecular flexibility index (Phi) is 4.53. The van der Waals surface area contributed by atoms with Crippen LogP contribution >= 0.6 is 11.8 Å². The van der Waals surface area contributed by atoms with E-state index < -0.39 is 0 Å². The number of imidazole rings is 2. The molecule has 0 fully saturated rings. The van der Waals surface area contributed by atoms with E-state index >= 15 is 0 Å². The molecule has 4 rings (SSSR count). The number of hydrogen-bond acceptors (Lipinski definition) is 5. The van der Waals surface area contributed by atoms with Crippen LogP contribution in [0.2, 0.25) is 0 Å². The van der Waals surface area contributed by atoms with Gasteiger partial charge < -0.3 is 19.0 Å². The highest BCUT2D eigenvalue weighted by molar-refractivity contribution is 7.98. The first-order valence-electron chi connectivity index (χ1n) is 8.09. The fourth-order valence-corrected chi connectivity index (χ4v) is 3.80. The molecule has 1 N–H and O–H groups in total. The van der Waals surface area contributed by atoms with E-state index in [0.717, 1.165) is 38.9 Å². The first-order valence-corrected chi connectivity index (χ1v) is 9.08. The second-order valence-corrected chi connectivity index (χ2v) is 6.62. The van der Waals surface area contributed by atoms with E-state index in [2.05, 4.69) is 21.0 Å².